The van der Waals surface area contributed by atoms with Crippen molar-refractivity contribution in [1.29, 1.82) is 5.26 Å². The Morgan fingerprint density at radius 3 is 2.88 bits per heavy atom. The molecule has 0 radical (unpaired) electrons. The number of carbonyl (C=O) groups is 2. The fourth-order valence-electron chi connectivity index (χ4n) is 2.46. The minimum Gasteiger partial charge on any atom is -0.493 e. The van der Waals surface area contributed by atoms with Crippen LogP contribution >= 0.6 is 0 Å². The number of carbonyl (C=O) groups excluding carboxylic acids is 1. The van der Waals surface area contributed by atoms with Crippen molar-refractivity contribution in [2.75, 3.05) is 26.9 Å². The highest BCUT2D eigenvalue weighted by Crippen LogP contribution is 2.29. The van der Waals surface area contributed by atoms with E-state index in [0.29, 0.717) is 24.5 Å². The molecule has 2 N–H and O–H groups in total. The molecule has 8 heteroatoms. The maximum atomic E-state index is 12.2. The molecule has 1 aliphatic rings. The van der Waals surface area contributed by atoms with Crippen LogP contribution in [0.2, 0.25) is 0 Å². The number of benzene rings is 1. The fourth-order valence-corrected chi connectivity index (χ4v) is 2.46. The Hall–Kier alpha value is -3.05. The number of nitrogens with zero attached hydrogens (tertiary/aromatic N) is 1. The van der Waals surface area contributed by atoms with Gasteiger partial charge in [-0.15, -0.1) is 0 Å². The summed E-state index contributed by atoms with van der Waals surface area (Å²) in [7, 11) is 1.41. The van der Waals surface area contributed by atoms with Crippen LogP contribution in [0.5, 0.6) is 11.5 Å². The van der Waals surface area contributed by atoms with Gasteiger partial charge in [0.1, 0.15) is 11.6 Å². The van der Waals surface area contributed by atoms with Gasteiger partial charge in [0.25, 0.3) is 5.91 Å². The largest absolute Gasteiger partial charge is 0.493 e. The number of hydrogen-bond acceptors (Lipinski definition) is 6. The summed E-state index contributed by atoms with van der Waals surface area (Å²) >= 11 is 0. The van der Waals surface area contributed by atoms with E-state index in [1.54, 1.807) is 12.1 Å². The summed E-state index contributed by atoms with van der Waals surface area (Å²) in [6.45, 7) is 0.557. The van der Waals surface area contributed by atoms with Crippen LogP contribution < -0.4 is 14.8 Å². The first-order chi connectivity index (χ1) is 12.5. The van der Waals surface area contributed by atoms with Crippen molar-refractivity contribution < 1.29 is 28.9 Å². The van der Waals surface area contributed by atoms with Crippen molar-refractivity contribution in [3.63, 3.8) is 0 Å². The lowest BCUT2D eigenvalue weighted by Gasteiger charge is -2.11. The smallest absolute Gasteiger partial charge is 0.341 e. The van der Waals surface area contributed by atoms with Crippen LogP contribution in [0.15, 0.2) is 23.8 Å². The van der Waals surface area contributed by atoms with Gasteiger partial charge in [-0.05, 0) is 36.6 Å². The van der Waals surface area contributed by atoms with Crippen molar-refractivity contribution in [1.82, 2.24) is 5.32 Å². The Morgan fingerprint density at radius 1 is 1.46 bits per heavy atom. The van der Waals surface area contributed by atoms with Crippen molar-refractivity contribution in [3.8, 4) is 17.6 Å². The summed E-state index contributed by atoms with van der Waals surface area (Å²) in [4.78, 5) is 22.7. The molecule has 26 heavy (non-hydrogen) atoms. The van der Waals surface area contributed by atoms with E-state index >= 15 is 0 Å². The normalized spacial score (nSPS) is 16.6. The summed E-state index contributed by atoms with van der Waals surface area (Å²) in [5, 5.41) is 20.6. The minimum absolute atomic E-state index is 0.00958. The highest BCUT2D eigenvalue weighted by atomic mass is 16.5. The number of nitrogens with one attached hydrogen (secondary N) is 1. The second-order valence-electron chi connectivity index (χ2n) is 5.61. The van der Waals surface area contributed by atoms with Gasteiger partial charge in [0.2, 0.25) is 0 Å². The molecule has 1 saturated heterocycles. The first kappa shape index (κ1) is 19.3. The maximum Gasteiger partial charge on any atom is 0.341 e. The molecule has 0 spiro atoms. The van der Waals surface area contributed by atoms with Gasteiger partial charge in [0.15, 0.2) is 18.1 Å². The number of carboxylic acid groups (broad SMARTS) is 1. The molecule has 2 rings (SSSR count). The van der Waals surface area contributed by atoms with Gasteiger partial charge in [0, 0.05) is 13.2 Å². The molecule has 0 unspecified atom stereocenters. The number of aliphatic carboxylic acids is 1. The quantitative estimate of drug-likeness (QED) is 0.531. The van der Waals surface area contributed by atoms with Crippen LogP contribution in [0.25, 0.3) is 6.08 Å². The topological polar surface area (TPSA) is 118 Å². The first-order valence-electron chi connectivity index (χ1n) is 8.07. The molecule has 1 heterocycles. The third kappa shape index (κ3) is 5.50. The summed E-state index contributed by atoms with van der Waals surface area (Å²) in [5.74, 6) is -1.02. The molecular weight excluding hydrogens is 340 g/mol. The minimum atomic E-state index is -1.11. The molecular formula is C18H20N2O6. The van der Waals surface area contributed by atoms with E-state index in [4.69, 9.17) is 19.3 Å². The molecule has 1 aliphatic heterocycles. The van der Waals surface area contributed by atoms with Crippen molar-refractivity contribution >= 4 is 18.0 Å². The Kier molecular flexibility index (Phi) is 7.00. The molecule has 0 aliphatic carbocycles. The van der Waals surface area contributed by atoms with Gasteiger partial charge in [0.05, 0.1) is 13.2 Å². The standard InChI is InChI=1S/C18H20N2O6/c1-24-16-8-12(4-5-15(16)26-11-17(21)22)7-13(9-19)18(23)20-10-14-3-2-6-25-14/h4-5,7-8,14H,2-3,6,10-11H2,1H3,(H,20,23)(H,21,22)/b13-7+/t14-/m0/s1. The van der Waals surface area contributed by atoms with E-state index in [-0.39, 0.29) is 17.4 Å². The van der Waals surface area contributed by atoms with Gasteiger partial charge in [-0.2, -0.15) is 5.26 Å². The summed E-state index contributed by atoms with van der Waals surface area (Å²) in [5.41, 5.74) is 0.498. The van der Waals surface area contributed by atoms with Gasteiger partial charge in [-0.25, -0.2) is 4.79 Å². The second-order valence-corrected chi connectivity index (χ2v) is 5.61. The molecule has 138 valence electrons. The van der Waals surface area contributed by atoms with Crippen LogP contribution in [-0.4, -0.2) is 50.0 Å². The number of nitriles is 1. The first-order valence-corrected chi connectivity index (χ1v) is 8.07. The lowest BCUT2D eigenvalue weighted by molar-refractivity contribution is -0.139. The van der Waals surface area contributed by atoms with E-state index in [9.17, 15) is 14.9 Å². The fraction of sp³-hybridized carbons (Fsp3) is 0.389. The average Bonchev–Trinajstić information content (AvgIpc) is 3.16. The van der Waals surface area contributed by atoms with E-state index < -0.39 is 18.5 Å². The van der Waals surface area contributed by atoms with Gasteiger partial charge in [-0.1, -0.05) is 6.07 Å². The van der Waals surface area contributed by atoms with Crippen LogP contribution in [0, 0.1) is 11.3 Å². The monoisotopic (exact) mass is 360 g/mol. The Balaban J connectivity index is 2.07. The Labute approximate surface area is 151 Å². The highest BCUT2D eigenvalue weighted by molar-refractivity contribution is 6.01. The summed E-state index contributed by atoms with van der Waals surface area (Å²) < 4.78 is 15.7. The maximum absolute atomic E-state index is 12.2. The summed E-state index contributed by atoms with van der Waals surface area (Å²) in [6, 6.07) is 6.56. The molecule has 1 atom stereocenters. The van der Waals surface area contributed by atoms with Crippen LogP contribution in [0.1, 0.15) is 18.4 Å². The summed E-state index contributed by atoms with van der Waals surface area (Å²) in [6.07, 6.45) is 3.27. The van der Waals surface area contributed by atoms with E-state index in [0.717, 1.165) is 12.8 Å². The lowest BCUT2D eigenvalue weighted by Crippen LogP contribution is -2.32. The number of rotatable bonds is 8. The van der Waals surface area contributed by atoms with Gasteiger partial charge < -0.3 is 24.6 Å². The van der Waals surface area contributed by atoms with Gasteiger partial charge >= 0.3 is 5.97 Å². The van der Waals surface area contributed by atoms with Crippen molar-refractivity contribution in [2.24, 2.45) is 0 Å². The number of hydrogen-bond donors (Lipinski definition) is 2. The number of methoxy groups -OCH3 is 1. The van der Waals surface area contributed by atoms with E-state index in [1.807, 2.05) is 6.07 Å². The zero-order valence-electron chi connectivity index (χ0n) is 14.4. The molecule has 1 fully saturated rings. The predicted molar refractivity (Wildman–Crippen MR) is 91.7 cm³/mol. The molecule has 1 amide bonds. The van der Waals surface area contributed by atoms with Crippen molar-refractivity contribution in [3.05, 3.63) is 29.3 Å². The molecule has 1 aromatic carbocycles. The zero-order valence-corrected chi connectivity index (χ0v) is 14.4. The zero-order chi connectivity index (χ0) is 18.9. The van der Waals surface area contributed by atoms with Crippen LogP contribution in [0.3, 0.4) is 0 Å². The van der Waals surface area contributed by atoms with E-state index in [2.05, 4.69) is 5.32 Å². The molecule has 8 nitrogen and oxygen atoms in total. The molecule has 0 saturated carbocycles. The van der Waals surface area contributed by atoms with E-state index in [1.165, 1.54) is 19.3 Å². The van der Waals surface area contributed by atoms with Gasteiger partial charge in [-0.3, -0.25) is 4.79 Å². The molecule has 0 aromatic heterocycles. The third-order valence-electron chi connectivity index (χ3n) is 3.73. The SMILES string of the molecule is COc1cc(/C=C(\C#N)C(=O)NC[C@@H]2CCCO2)ccc1OCC(=O)O. The van der Waals surface area contributed by atoms with Crippen LogP contribution in [0.4, 0.5) is 0 Å². The average molecular weight is 360 g/mol. The number of amides is 1. The number of carboxylic acids is 1. The highest BCUT2D eigenvalue weighted by Gasteiger charge is 2.17. The number of ether oxygens (including phenoxy) is 3. The lowest BCUT2D eigenvalue weighted by atomic mass is 10.1. The molecule has 0 bridgehead atoms. The Bertz CT molecular complexity index is 732. The van der Waals surface area contributed by atoms with Crippen molar-refractivity contribution in [2.45, 2.75) is 18.9 Å². The predicted octanol–water partition coefficient (Wildman–Crippen LogP) is 1.36. The van der Waals surface area contributed by atoms with Crippen LogP contribution in [-0.2, 0) is 14.3 Å². The third-order valence-corrected chi connectivity index (χ3v) is 3.73. The second kappa shape index (κ2) is 9.44. The molecule has 1 aromatic rings. The Morgan fingerprint density at radius 2 is 2.27 bits per heavy atom.